The van der Waals surface area contributed by atoms with Crippen LogP contribution in [0.15, 0.2) is 67.1 Å². The van der Waals surface area contributed by atoms with Crippen LogP contribution in [0.1, 0.15) is 5.56 Å². The van der Waals surface area contributed by atoms with Gasteiger partial charge >= 0.3 is 0 Å². The maximum absolute atomic E-state index is 5.25. The minimum atomic E-state index is 0.758. The molecule has 0 spiro atoms. The van der Waals surface area contributed by atoms with E-state index >= 15 is 0 Å². The zero-order valence-electron chi connectivity index (χ0n) is 13.5. The quantitative estimate of drug-likeness (QED) is 0.735. The molecule has 3 heterocycles. The highest BCUT2D eigenvalue weighted by Crippen LogP contribution is 2.39. The molecule has 1 aliphatic rings. The van der Waals surface area contributed by atoms with E-state index in [1.165, 1.54) is 5.56 Å². The second-order valence-corrected chi connectivity index (χ2v) is 5.67. The van der Waals surface area contributed by atoms with Gasteiger partial charge in [0.05, 0.1) is 19.5 Å². The Morgan fingerprint density at radius 1 is 1.04 bits per heavy atom. The molecule has 0 saturated heterocycles. The Labute approximate surface area is 141 Å². The first-order valence-electron chi connectivity index (χ1n) is 7.85. The molecule has 120 valence electrons. The van der Waals surface area contributed by atoms with E-state index in [1.54, 1.807) is 13.3 Å². The first-order valence-corrected chi connectivity index (χ1v) is 7.85. The van der Waals surface area contributed by atoms with E-state index in [9.17, 15) is 0 Å². The molecule has 0 saturated carbocycles. The molecule has 0 radical (unpaired) electrons. The molecule has 5 nitrogen and oxygen atoms in total. The second-order valence-electron chi connectivity index (χ2n) is 5.67. The molecule has 1 aromatic carbocycles. The zero-order chi connectivity index (χ0) is 16.4. The lowest BCUT2D eigenvalue weighted by atomic mass is 10.2. The summed E-state index contributed by atoms with van der Waals surface area (Å²) in [7, 11) is 1.68. The topological polar surface area (TPSA) is 41.5 Å². The normalized spacial score (nSPS) is 13.0. The average Bonchev–Trinajstić information content (AvgIpc) is 3.01. The number of anilines is 3. The van der Waals surface area contributed by atoms with Gasteiger partial charge in [-0.2, -0.15) is 0 Å². The summed E-state index contributed by atoms with van der Waals surface area (Å²) < 4.78 is 5.25. The highest BCUT2D eigenvalue weighted by Gasteiger charge is 2.27. The van der Waals surface area contributed by atoms with Crippen LogP contribution in [0.4, 0.5) is 17.2 Å². The van der Waals surface area contributed by atoms with Gasteiger partial charge in [0.2, 0.25) is 0 Å². The summed E-state index contributed by atoms with van der Waals surface area (Å²) >= 11 is 0. The van der Waals surface area contributed by atoms with Gasteiger partial charge in [-0.15, -0.1) is 0 Å². The minimum Gasteiger partial charge on any atom is -0.497 e. The van der Waals surface area contributed by atoms with E-state index in [-0.39, 0.29) is 0 Å². The van der Waals surface area contributed by atoms with Gasteiger partial charge in [0.25, 0.3) is 0 Å². The highest BCUT2D eigenvalue weighted by molar-refractivity contribution is 5.79. The lowest BCUT2D eigenvalue weighted by Gasteiger charge is -2.21. The van der Waals surface area contributed by atoms with Crippen LogP contribution in [0.5, 0.6) is 5.75 Å². The number of pyridine rings is 2. The van der Waals surface area contributed by atoms with Gasteiger partial charge in [-0.25, -0.2) is 4.98 Å². The van der Waals surface area contributed by atoms with E-state index in [0.29, 0.717) is 0 Å². The van der Waals surface area contributed by atoms with Crippen molar-refractivity contribution in [2.24, 2.45) is 0 Å². The van der Waals surface area contributed by atoms with Crippen molar-refractivity contribution in [3.63, 3.8) is 0 Å². The smallest absolute Gasteiger partial charge is 0.158 e. The summed E-state index contributed by atoms with van der Waals surface area (Å²) in [5.74, 6) is 1.83. The van der Waals surface area contributed by atoms with Crippen LogP contribution < -0.4 is 14.5 Å². The van der Waals surface area contributed by atoms with Gasteiger partial charge in [0, 0.05) is 30.8 Å². The predicted molar refractivity (Wildman–Crippen MR) is 94.7 cm³/mol. The summed E-state index contributed by atoms with van der Waals surface area (Å²) in [5.41, 5.74) is 3.42. The molecule has 24 heavy (non-hydrogen) atoms. The van der Waals surface area contributed by atoms with Gasteiger partial charge in [-0.1, -0.05) is 6.07 Å². The Bertz CT molecular complexity index is 820. The summed E-state index contributed by atoms with van der Waals surface area (Å²) in [6.07, 6.45) is 5.54. The minimum absolute atomic E-state index is 0.758. The zero-order valence-corrected chi connectivity index (χ0v) is 13.5. The van der Waals surface area contributed by atoms with E-state index in [2.05, 4.69) is 44.0 Å². The fraction of sp³-hybridized carbons (Fsp3) is 0.158. The average molecular weight is 318 g/mol. The van der Waals surface area contributed by atoms with Crippen molar-refractivity contribution in [1.29, 1.82) is 0 Å². The van der Waals surface area contributed by atoms with Crippen LogP contribution in [0.2, 0.25) is 0 Å². The van der Waals surface area contributed by atoms with Crippen LogP contribution in [0, 0.1) is 0 Å². The van der Waals surface area contributed by atoms with Crippen molar-refractivity contribution in [2.45, 2.75) is 6.54 Å². The van der Waals surface area contributed by atoms with Crippen molar-refractivity contribution in [3.05, 3.63) is 72.7 Å². The fourth-order valence-electron chi connectivity index (χ4n) is 2.97. The Balaban J connectivity index is 1.65. The lowest BCUT2D eigenvalue weighted by molar-refractivity contribution is 0.415. The number of fused-ring (bicyclic) bond motifs is 1. The molecule has 0 unspecified atom stereocenters. The third kappa shape index (κ3) is 2.65. The van der Waals surface area contributed by atoms with Crippen LogP contribution >= 0.6 is 0 Å². The van der Waals surface area contributed by atoms with Crippen molar-refractivity contribution >= 4 is 17.2 Å². The van der Waals surface area contributed by atoms with Gasteiger partial charge in [0.15, 0.2) is 5.82 Å². The molecule has 5 heteroatoms. The van der Waals surface area contributed by atoms with Crippen LogP contribution in [-0.4, -0.2) is 23.7 Å². The predicted octanol–water partition coefficient (Wildman–Crippen LogP) is 3.60. The number of benzene rings is 1. The first kappa shape index (κ1) is 14.5. The number of rotatable bonds is 4. The highest BCUT2D eigenvalue weighted by atomic mass is 16.5. The number of ether oxygens (including phenoxy) is 1. The molecule has 4 rings (SSSR count). The van der Waals surface area contributed by atoms with Gasteiger partial charge in [-0.05, 0) is 48.0 Å². The van der Waals surface area contributed by atoms with Crippen molar-refractivity contribution < 1.29 is 4.74 Å². The molecule has 0 N–H and O–H groups in total. The largest absolute Gasteiger partial charge is 0.497 e. The van der Waals surface area contributed by atoms with E-state index in [0.717, 1.165) is 36.2 Å². The van der Waals surface area contributed by atoms with Gasteiger partial charge < -0.3 is 14.5 Å². The second kappa shape index (κ2) is 6.20. The summed E-state index contributed by atoms with van der Waals surface area (Å²) in [6.45, 7) is 1.56. The number of nitrogens with zero attached hydrogens (tertiary/aromatic N) is 4. The van der Waals surface area contributed by atoms with E-state index < -0.39 is 0 Å². The molecular weight excluding hydrogens is 300 g/mol. The summed E-state index contributed by atoms with van der Waals surface area (Å²) in [5, 5.41) is 0. The fourth-order valence-corrected chi connectivity index (χ4v) is 2.97. The number of aromatic nitrogens is 2. The molecule has 0 amide bonds. The molecular formula is C19H18N4O. The number of methoxy groups -OCH3 is 1. The molecule has 3 aromatic rings. The molecule has 0 fully saturated rings. The number of hydrogen-bond donors (Lipinski definition) is 0. The Morgan fingerprint density at radius 2 is 1.88 bits per heavy atom. The van der Waals surface area contributed by atoms with Crippen LogP contribution in [0.25, 0.3) is 0 Å². The van der Waals surface area contributed by atoms with Crippen molar-refractivity contribution in [3.8, 4) is 5.75 Å². The Morgan fingerprint density at radius 3 is 2.62 bits per heavy atom. The maximum atomic E-state index is 5.25. The van der Waals surface area contributed by atoms with Crippen molar-refractivity contribution in [2.75, 3.05) is 23.6 Å². The molecule has 0 aliphatic carbocycles. The standard InChI is InChI=1S/C19H18N4O/c1-24-17-8-6-16(7-9-17)23-14-22(13-15-4-2-10-20-12-15)18-5-3-11-21-19(18)23/h2-12H,13-14H2,1H3. The van der Waals surface area contributed by atoms with Crippen LogP contribution in [0.3, 0.4) is 0 Å². The lowest BCUT2D eigenvalue weighted by Crippen LogP contribution is -2.27. The molecule has 0 bridgehead atoms. The van der Waals surface area contributed by atoms with Gasteiger partial charge in [0.1, 0.15) is 5.75 Å². The summed E-state index contributed by atoms with van der Waals surface area (Å²) in [4.78, 5) is 13.3. The SMILES string of the molecule is COc1ccc(N2CN(Cc3cccnc3)c3cccnc32)cc1. The third-order valence-corrected chi connectivity index (χ3v) is 4.15. The number of hydrogen-bond acceptors (Lipinski definition) is 5. The van der Waals surface area contributed by atoms with Crippen molar-refractivity contribution in [1.82, 2.24) is 9.97 Å². The van der Waals surface area contributed by atoms with E-state index in [4.69, 9.17) is 4.74 Å². The Kier molecular flexibility index (Phi) is 3.75. The first-order chi connectivity index (χ1) is 11.8. The third-order valence-electron chi connectivity index (χ3n) is 4.15. The van der Waals surface area contributed by atoms with Gasteiger partial charge in [-0.3, -0.25) is 4.98 Å². The Hall–Kier alpha value is -3.08. The molecule has 0 atom stereocenters. The van der Waals surface area contributed by atoms with E-state index in [1.807, 2.05) is 36.7 Å². The summed E-state index contributed by atoms with van der Waals surface area (Å²) in [6, 6.07) is 16.2. The maximum Gasteiger partial charge on any atom is 0.158 e. The van der Waals surface area contributed by atoms with Crippen LogP contribution in [-0.2, 0) is 6.54 Å². The molecule has 1 aliphatic heterocycles. The molecule has 2 aromatic heterocycles. The monoisotopic (exact) mass is 318 g/mol.